The highest BCUT2D eigenvalue weighted by Crippen LogP contribution is 2.22. The monoisotopic (exact) mass is 343 g/mol. The number of amides is 1. The van der Waals surface area contributed by atoms with E-state index in [2.05, 4.69) is 15.3 Å². The zero-order valence-corrected chi connectivity index (χ0v) is 13.8. The lowest BCUT2D eigenvalue weighted by atomic mass is 10.1. The maximum Gasteiger partial charge on any atom is 0.270 e. The van der Waals surface area contributed by atoms with Crippen LogP contribution in [0.4, 0.5) is 0 Å². The number of aromatic nitrogens is 2. The molecule has 23 heavy (non-hydrogen) atoms. The molecule has 0 fully saturated rings. The average Bonchev–Trinajstić information content (AvgIpc) is 3.07. The van der Waals surface area contributed by atoms with Crippen LogP contribution in [0.1, 0.15) is 16.1 Å². The highest BCUT2D eigenvalue weighted by molar-refractivity contribution is 7.13. The first-order valence-corrected chi connectivity index (χ1v) is 8.37. The lowest BCUT2D eigenvalue weighted by molar-refractivity contribution is 0.0950. The minimum absolute atomic E-state index is 0.173. The first-order chi connectivity index (χ1) is 11.2. The average molecular weight is 344 g/mol. The zero-order valence-electron chi connectivity index (χ0n) is 12.2. The molecule has 0 unspecified atom stereocenters. The molecule has 4 nitrogen and oxygen atoms in total. The Kier molecular flexibility index (Phi) is 5.00. The van der Waals surface area contributed by atoms with E-state index >= 15 is 0 Å². The Hall–Kier alpha value is -2.24. The number of carbonyl (C=O) groups excluding carboxylic acids is 1. The molecule has 6 heteroatoms. The van der Waals surface area contributed by atoms with E-state index in [4.69, 9.17) is 11.6 Å². The third kappa shape index (κ3) is 3.94. The topological polar surface area (TPSA) is 54.9 Å². The van der Waals surface area contributed by atoms with Crippen molar-refractivity contribution in [3.8, 4) is 10.6 Å². The molecule has 2 aromatic heterocycles. The quantitative estimate of drug-likeness (QED) is 0.766. The fourth-order valence-corrected chi connectivity index (χ4v) is 3.14. The minimum atomic E-state index is -0.173. The van der Waals surface area contributed by atoms with Crippen molar-refractivity contribution in [3.63, 3.8) is 0 Å². The summed E-state index contributed by atoms with van der Waals surface area (Å²) in [6.45, 7) is 0.519. The smallest absolute Gasteiger partial charge is 0.270 e. The Morgan fingerprint density at radius 3 is 2.74 bits per heavy atom. The molecule has 0 atom stereocenters. The second kappa shape index (κ2) is 7.35. The summed E-state index contributed by atoms with van der Waals surface area (Å²) in [5, 5.41) is 6.17. The highest BCUT2D eigenvalue weighted by Gasteiger charge is 2.11. The summed E-state index contributed by atoms with van der Waals surface area (Å²) >= 11 is 7.54. The number of thiazole rings is 1. The summed E-state index contributed by atoms with van der Waals surface area (Å²) in [6.07, 6.45) is 4.10. The summed E-state index contributed by atoms with van der Waals surface area (Å²) in [7, 11) is 0. The summed E-state index contributed by atoms with van der Waals surface area (Å²) in [4.78, 5) is 20.5. The van der Waals surface area contributed by atoms with Crippen LogP contribution in [-0.2, 0) is 6.42 Å². The molecule has 116 valence electrons. The van der Waals surface area contributed by atoms with Gasteiger partial charge in [-0.1, -0.05) is 29.8 Å². The van der Waals surface area contributed by atoms with Gasteiger partial charge >= 0.3 is 0 Å². The van der Waals surface area contributed by atoms with E-state index in [-0.39, 0.29) is 5.91 Å². The van der Waals surface area contributed by atoms with Gasteiger partial charge in [-0.15, -0.1) is 11.3 Å². The van der Waals surface area contributed by atoms with Gasteiger partial charge in [0.05, 0.1) is 0 Å². The lowest BCUT2D eigenvalue weighted by Crippen LogP contribution is -2.26. The fraction of sp³-hybridized carbons (Fsp3) is 0.118. The van der Waals surface area contributed by atoms with Crippen LogP contribution < -0.4 is 5.32 Å². The Morgan fingerprint density at radius 2 is 1.96 bits per heavy atom. The van der Waals surface area contributed by atoms with Crippen molar-refractivity contribution in [1.82, 2.24) is 15.3 Å². The standard InChI is InChI=1S/C17H14ClN3OS/c18-14-4-2-1-3-12(14)7-10-20-16(22)15-11-23-17(21-15)13-5-8-19-9-6-13/h1-6,8-9,11H,7,10H2,(H,20,22). The lowest BCUT2D eigenvalue weighted by Gasteiger charge is -2.05. The molecule has 3 aromatic rings. The SMILES string of the molecule is O=C(NCCc1ccccc1Cl)c1csc(-c2ccncc2)n1. The van der Waals surface area contributed by atoms with Gasteiger partial charge in [0.25, 0.3) is 5.91 Å². The van der Waals surface area contributed by atoms with Crippen LogP contribution in [0.3, 0.4) is 0 Å². The van der Waals surface area contributed by atoms with Crippen LogP contribution in [0.5, 0.6) is 0 Å². The van der Waals surface area contributed by atoms with Gasteiger partial charge in [0.2, 0.25) is 0 Å². The highest BCUT2D eigenvalue weighted by atomic mass is 35.5. The van der Waals surface area contributed by atoms with Crippen molar-refractivity contribution in [1.29, 1.82) is 0 Å². The third-order valence-electron chi connectivity index (χ3n) is 3.30. The van der Waals surface area contributed by atoms with E-state index in [9.17, 15) is 4.79 Å². The van der Waals surface area contributed by atoms with Gasteiger partial charge in [-0.05, 0) is 30.2 Å². The number of halogens is 1. The van der Waals surface area contributed by atoms with E-state index in [1.807, 2.05) is 36.4 Å². The molecule has 1 N–H and O–H groups in total. The largest absolute Gasteiger partial charge is 0.350 e. The Morgan fingerprint density at radius 1 is 1.17 bits per heavy atom. The van der Waals surface area contributed by atoms with Gasteiger partial charge in [-0.3, -0.25) is 9.78 Å². The number of hydrogen-bond acceptors (Lipinski definition) is 4. The van der Waals surface area contributed by atoms with Crippen molar-refractivity contribution in [2.45, 2.75) is 6.42 Å². The summed E-state index contributed by atoms with van der Waals surface area (Å²) < 4.78 is 0. The second-order valence-corrected chi connectivity index (χ2v) is 6.14. The maximum atomic E-state index is 12.2. The van der Waals surface area contributed by atoms with Gasteiger partial charge in [-0.2, -0.15) is 0 Å². The molecular formula is C17H14ClN3OS. The number of rotatable bonds is 5. The third-order valence-corrected chi connectivity index (χ3v) is 4.56. The first kappa shape index (κ1) is 15.6. The van der Waals surface area contributed by atoms with Gasteiger partial charge < -0.3 is 5.32 Å². The molecular weight excluding hydrogens is 330 g/mol. The van der Waals surface area contributed by atoms with Crippen LogP contribution in [0.2, 0.25) is 5.02 Å². The van der Waals surface area contributed by atoms with E-state index in [1.54, 1.807) is 17.8 Å². The normalized spacial score (nSPS) is 10.5. The molecule has 0 radical (unpaired) electrons. The molecule has 1 aromatic carbocycles. The van der Waals surface area contributed by atoms with E-state index < -0.39 is 0 Å². The van der Waals surface area contributed by atoms with Crippen molar-refractivity contribution in [3.05, 3.63) is 70.5 Å². The predicted molar refractivity (Wildman–Crippen MR) is 92.8 cm³/mol. The van der Waals surface area contributed by atoms with Gasteiger partial charge in [0.15, 0.2) is 0 Å². The van der Waals surface area contributed by atoms with Crippen molar-refractivity contribution in [2.24, 2.45) is 0 Å². The first-order valence-electron chi connectivity index (χ1n) is 7.11. The maximum absolute atomic E-state index is 12.2. The van der Waals surface area contributed by atoms with Crippen molar-refractivity contribution in [2.75, 3.05) is 6.54 Å². The fourth-order valence-electron chi connectivity index (χ4n) is 2.11. The Bertz CT molecular complexity index is 804. The van der Waals surface area contributed by atoms with E-state index in [1.165, 1.54) is 11.3 Å². The molecule has 0 saturated heterocycles. The van der Waals surface area contributed by atoms with Gasteiger partial charge in [-0.25, -0.2) is 4.98 Å². The number of hydrogen-bond donors (Lipinski definition) is 1. The summed E-state index contributed by atoms with van der Waals surface area (Å²) in [6, 6.07) is 11.4. The molecule has 1 amide bonds. The zero-order chi connectivity index (χ0) is 16.1. The van der Waals surface area contributed by atoms with Crippen LogP contribution in [0.25, 0.3) is 10.6 Å². The van der Waals surface area contributed by atoms with Gasteiger partial charge in [0.1, 0.15) is 10.7 Å². The summed E-state index contributed by atoms with van der Waals surface area (Å²) in [5.74, 6) is -0.173. The number of pyridine rings is 1. The number of nitrogens with one attached hydrogen (secondary N) is 1. The van der Waals surface area contributed by atoms with E-state index in [0.717, 1.165) is 21.2 Å². The van der Waals surface area contributed by atoms with Crippen LogP contribution in [0, 0.1) is 0 Å². The minimum Gasteiger partial charge on any atom is -0.350 e. The number of nitrogens with zero attached hydrogens (tertiary/aromatic N) is 2. The molecule has 0 aliphatic carbocycles. The second-order valence-electron chi connectivity index (χ2n) is 4.87. The van der Waals surface area contributed by atoms with Crippen LogP contribution in [0.15, 0.2) is 54.2 Å². The molecule has 0 bridgehead atoms. The van der Waals surface area contributed by atoms with Crippen LogP contribution in [-0.4, -0.2) is 22.4 Å². The number of carbonyl (C=O) groups is 1. The molecule has 0 aliphatic rings. The molecule has 3 rings (SSSR count). The summed E-state index contributed by atoms with van der Waals surface area (Å²) in [5.41, 5.74) is 2.41. The Labute approximate surface area is 143 Å². The van der Waals surface area contributed by atoms with Gasteiger partial charge in [0, 0.05) is 34.9 Å². The number of benzene rings is 1. The molecule has 0 spiro atoms. The molecule has 0 saturated carbocycles. The van der Waals surface area contributed by atoms with E-state index in [0.29, 0.717) is 18.7 Å². The molecule has 2 heterocycles. The van der Waals surface area contributed by atoms with Crippen LogP contribution >= 0.6 is 22.9 Å². The Balaban J connectivity index is 1.59. The predicted octanol–water partition coefficient (Wildman–Crippen LogP) is 3.83. The molecule has 0 aliphatic heterocycles. The van der Waals surface area contributed by atoms with Crippen molar-refractivity contribution < 1.29 is 4.79 Å². The van der Waals surface area contributed by atoms with Crippen molar-refractivity contribution >= 4 is 28.8 Å².